The first-order chi connectivity index (χ1) is 10.1. The lowest BCUT2D eigenvalue weighted by atomic mass is 10.2. The molecule has 10 heteroatoms. The second kappa shape index (κ2) is 6.61. The molecule has 0 bridgehead atoms. The third-order valence-corrected chi connectivity index (χ3v) is 2.53. The molecule has 3 N–H and O–H groups in total. The van der Waals surface area contributed by atoms with Gasteiger partial charge >= 0.3 is 5.97 Å². The van der Waals surface area contributed by atoms with Crippen LogP contribution in [0.3, 0.4) is 0 Å². The monoisotopic (exact) mass is 295 g/mol. The van der Waals surface area contributed by atoms with Crippen LogP contribution in [0.1, 0.15) is 6.42 Å². The van der Waals surface area contributed by atoms with Crippen LogP contribution in [0.2, 0.25) is 0 Å². The molecule has 0 aromatic carbocycles. The fourth-order valence-electron chi connectivity index (χ4n) is 1.57. The van der Waals surface area contributed by atoms with Crippen molar-refractivity contribution in [2.75, 3.05) is 6.61 Å². The van der Waals surface area contributed by atoms with E-state index in [1.165, 1.54) is 6.26 Å². The number of hydrogen-bond acceptors (Lipinski definition) is 7. The Morgan fingerprint density at radius 1 is 1.48 bits per heavy atom. The number of carboxylic acid groups (broad SMARTS) is 1. The third-order valence-electron chi connectivity index (χ3n) is 2.53. The Hall–Kier alpha value is -2.75. The number of carbonyl (C=O) groups excluding carboxylic acids is 1. The number of nitrogens with one attached hydrogen (secondary N) is 1. The highest BCUT2D eigenvalue weighted by molar-refractivity contribution is 5.83. The van der Waals surface area contributed by atoms with E-state index >= 15 is 0 Å². The number of aliphatic hydroxyl groups is 1. The number of rotatable bonds is 7. The van der Waals surface area contributed by atoms with E-state index in [1.807, 2.05) is 0 Å². The van der Waals surface area contributed by atoms with Crippen LogP contribution in [-0.4, -0.2) is 54.9 Å². The lowest BCUT2D eigenvalue weighted by molar-refractivity contribution is -0.142. The van der Waals surface area contributed by atoms with Crippen LogP contribution in [0.15, 0.2) is 22.8 Å². The van der Waals surface area contributed by atoms with Crippen molar-refractivity contribution in [1.82, 2.24) is 25.5 Å². The number of hydrogen-bond donors (Lipinski definition) is 3. The minimum Gasteiger partial charge on any atom is -0.480 e. The molecule has 0 saturated heterocycles. The van der Waals surface area contributed by atoms with Crippen molar-refractivity contribution in [3.8, 4) is 11.6 Å². The number of carboxylic acids is 1. The molecule has 0 radical (unpaired) electrons. The molecule has 0 unspecified atom stereocenters. The Kier molecular flexibility index (Phi) is 4.61. The van der Waals surface area contributed by atoms with Gasteiger partial charge in [0.25, 0.3) is 0 Å². The van der Waals surface area contributed by atoms with E-state index in [9.17, 15) is 9.59 Å². The molecule has 1 amide bonds. The average molecular weight is 295 g/mol. The maximum absolute atomic E-state index is 11.7. The molecule has 0 aliphatic carbocycles. The SMILES string of the molecule is O=C(Cn1nnc(-c2ccco2)n1)N[C@H](CCO)C(=O)O. The number of tetrazole rings is 1. The first-order valence-corrected chi connectivity index (χ1v) is 6.05. The van der Waals surface area contributed by atoms with Crippen LogP contribution < -0.4 is 5.32 Å². The fourth-order valence-corrected chi connectivity index (χ4v) is 1.57. The highest BCUT2D eigenvalue weighted by atomic mass is 16.4. The largest absolute Gasteiger partial charge is 0.480 e. The van der Waals surface area contributed by atoms with E-state index in [0.717, 1.165) is 4.80 Å². The summed E-state index contributed by atoms with van der Waals surface area (Å²) < 4.78 is 5.08. The molecule has 0 spiro atoms. The highest BCUT2D eigenvalue weighted by Crippen LogP contribution is 2.12. The van der Waals surface area contributed by atoms with Crippen LogP contribution in [0.5, 0.6) is 0 Å². The van der Waals surface area contributed by atoms with E-state index in [-0.39, 0.29) is 25.4 Å². The van der Waals surface area contributed by atoms with E-state index in [0.29, 0.717) is 5.76 Å². The summed E-state index contributed by atoms with van der Waals surface area (Å²) >= 11 is 0. The Balaban J connectivity index is 1.95. The smallest absolute Gasteiger partial charge is 0.326 e. The molecular formula is C11H13N5O5. The second-order valence-corrected chi connectivity index (χ2v) is 4.09. The average Bonchev–Trinajstić information content (AvgIpc) is 3.08. The molecule has 0 aliphatic rings. The number of aliphatic carboxylic acids is 1. The quantitative estimate of drug-likeness (QED) is 0.583. The van der Waals surface area contributed by atoms with Gasteiger partial charge in [-0.3, -0.25) is 4.79 Å². The summed E-state index contributed by atoms with van der Waals surface area (Å²) in [6.45, 7) is -0.635. The summed E-state index contributed by atoms with van der Waals surface area (Å²) in [6.07, 6.45) is 1.37. The van der Waals surface area contributed by atoms with Crippen molar-refractivity contribution in [2.45, 2.75) is 19.0 Å². The third kappa shape index (κ3) is 3.86. The van der Waals surface area contributed by atoms with Gasteiger partial charge in [0.1, 0.15) is 12.6 Å². The van der Waals surface area contributed by atoms with Gasteiger partial charge in [-0.1, -0.05) is 0 Å². The molecule has 2 heterocycles. The zero-order chi connectivity index (χ0) is 15.2. The van der Waals surface area contributed by atoms with E-state index in [4.69, 9.17) is 14.6 Å². The van der Waals surface area contributed by atoms with Crippen molar-refractivity contribution in [1.29, 1.82) is 0 Å². The molecule has 2 aromatic heterocycles. The van der Waals surface area contributed by atoms with Gasteiger partial charge in [0.15, 0.2) is 5.76 Å². The molecule has 0 fully saturated rings. The zero-order valence-corrected chi connectivity index (χ0v) is 10.8. The van der Waals surface area contributed by atoms with Gasteiger partial charge in [-0.25, -0.2) is 4.79 Å². The molecule has 0 aliphatic heterocycles. The Bertz CT molecular complexity index is 608. The summed E-state index contributed by atoms with van der Waals surface area (Å²) in [5, 5.41) is 31.2. The van der Waals surface area contributed by atoms with Crippen molar-refractivity contribution >= 4 is 11.9 Å². The normalized spacial score (nSPS) is 12.0. The Morgan fingerprint density at radius 3 is 2.90 bits per heavy atom. The van der Waals surface area contributed by atoms with Crippen LogP contribution in [0.25, 0.3) is 11.6 Å². The number of furan rings is 1. The van der Waals surface area contributed by atoms with Crippen LogP contribution >= 0.6 is 0 Å². The van der Waals surface area contributed by atoms with E-state index < -0.39 is 17.9 Å². The predicted octanol–water partition coefficient (Wildman–Crippen LogP) is -1.12. The van der Waals surface area contributed by atoms with Crippen LogP contribution in [-0.2, 0) is 16.1 Å². The summed E-state index contributed by atoms with van der Waals surface area (Å²) in [6, 6.07) is 2.15. The van der Waals surface area contributed by atoms with Gasteiger partial charge in [-0.05, 0) is 17.3 Å². The van der Waals surface area contributed by atoms with Gasteiger partial charge in [0, 0.05) is 13.0 Å². The number of nitrogens with zero attached hydrogens (tertiary/aromatic N) is 4. The van der Waals surface area contributed by atoms with Gasteiger partial charge in [0.2, 0.25) is 11.7 Å². The summed E-state index contributed by atoms with van der Waals surface area (Å²) in [7, 11) is 0. The molecule has 0 saturated carbocycles. The van der Waals surface area contributed by atoms with Crippen LogP contribution in [0.4, 0.5) is 0 Å². The fraction of sp³-hybridized carbons (Fsp3) is 0.364. The summed E-state index contributed by atoms with van der Waals surface area (Å²) in [5.74, 6) is -1.19. The van der Waals surface area contributed by atoms with Gasteiger partial charge in [-0.15, -0.1) is 10.2 Å². The van der Waals surface area contributed by atoms with E-state index in [1.54, 1.807) is 12.1 Å². The van der Waals surface area contributed by atoms with Gasteiger partial charge < -0.3 is 19.9 Å². The molecule has 2 aromatic rings. The molecule has 10 nitrogen and oxygen atoms in total. The maximum atomic E-state index is 11.7. The molecule has 112 valence electrons. The molecular weight excluding hydrogens is 282 g/mol. The Morgan fingerprint density at radius 2 is 2.29 bits per heavy atom. The van der Waals surface area contributed by atoms with Crippen molar-refractivity contribution in [3.05, 3.63) is 18.4 Å². The van der Waals surface area contributed by atoms with Gasteiger partial charge in [-0.2, -0.15) is 4.80 Å². The highest BCUT2D eigenvalue weighted by Gasteiger charge is 2.20. The number of aromatic nitrogens is 4. The van der Waals surface area contributed by atoms with Crippen molar-refractivity contribution < 1.29 is 24.2 Å². The van der Waals surface area contributed by atoms with Gasteiger partial charge in [0.05, 0.1) is 6.26 Å². The topological polar surface area (TPSA) is 143 Å². The summed E-state index contributed by atoms with van der Waals surface area (Å²) in [5.41, 5.74) is 0. The number of carbonyl (C=O) groups is 2. The molecule has 21 heavy (non-hydrogen) atoms. The minimum absolute atomic E-state index is 0.0799. The lowest BCUT2D eigenvalue weighted by Crippen LogP contribution is -2.43. The van der Waals surface area contributed by atoms with E-state index in [2.05, 4.69) is 20.7 Å². The lowest BCUT2D eigenvalue weighted by Gasteiger charge is -2.12. The standard InChI is InChI=1S/C11H13N5O5/c17-4-3-7(11(19)20)12-9(18)6-16-14-10(13-15-16)8-2-1-5-21-8/h1-2,5,7,17H,3-4,6H2,(H,12,18)(H,19,20)/t7-/m1/s1. The zero-order valence-electron chi connectivity index (χ0n) is 10.8. The first kappa shape index (κ1) is 14.7. The minimum atomic E-state index is -1.22. The van der Waals surface area contributed by atoms with Crippen molar-refractivity contribution in [3.63, 3.8) is 0 Å². The number of amides is 1. The first-order valence-electron chi connectivity index (χ1n) is 6.05. The summed E-state index contributed by atoms with van der Waals surface area (Å²) in [4.78, 5) is 23.6. The molecule has 2 rings (SSSR count). The van der Waals surface area contributed by atoms with Crippen LogP contribution in [0, 0.1) is 0 Å². The molecule has 1 atom stereocenters. The van der Waals surface area contributed by atoms with Crippen molar-refractivity contribution in [2.24, 2.45) is 0 Å². The predicted molar refractivity (Wildman–Crippen MR) is 66.8 cm³/mol. The Labute approximate surface area is 118 Å². The maximum Gasteiger partial charge on any atom is 0.326 e. The second-order valence-electron chi connectivity index (χ2n) is 4.09. The number of aliphatic hydroxyl groups excluding tert-OH is 1.